The molecule has 0 spiro atoms. The Morgan fingerprint density at radius 2 is 1.96 bits per heavy atom. The van der Waals surface area contributed by atoms with E-state index in [1.165, 1.54) is 33.4 Å². The van der Waals surface area contributed by atoms with Crippen LogP contribution >= 0.6 is 0 Å². The Balaban J connectivity index is 3.45. The highest BCUT2D eigenvalue weighted by atomic mass is 14.8. The van der Waals surface area contributed by atoms with E-state index < -0.39 is 0 Å². The quantitative estimate of drug-likeness (QED) is 0.285. The van der Waals surface area contributed by atoms with Gasteiger partial charge in [-0.25, -0.2) is 0 Å². The number of amidine groups is 1. The van der Waals surface area contributed by atoms with Crippen molar-refractivity contribution < 1.29 is 0 Å². The molecule has 0 saturated heterocycles. The molecule has 0 aromatic heterocycles. The Morgan fingerprint density at radius 1 is 1.29 bits per heavy atom. The minimum absolute atomic E-state index is 0.266. The van der Waals surface area contributed by atoms with Crippen LogP contribution in [0.4, 0.5) is 0 Å². The summed E-state index contributed by atoms with van der Waals surface area (Å²) in [6.45, 7) is 13.1. The fourth-order valence-corrected chi connectivity index (χ4v) is 3.73. The summed E-state index contributed by atoms with van der Waals surface area (Å²) in [5.41, 5.74) is 21.4. The molecule has 0 radical (unpaired) electrons. The van der Waals surface area contributed by atoms with Gasteiger partial charge in [-0.05, 0) is 88.5 Å². The molecule has 3 heteroatoms. The maximum Gasteiger partial charge on any atom is 0.125 e. The van der Waals surface area contributed by atoms with E-state index in [0.717, 1.165) is 44.1 Å². The third-order valence-corrected chi connectivity index (χ3v) is 5.63. The van der Waals surface area contributed by atoms with E-state index >= 15 is 0 Å². The molecule has 4 N–H and O–H groups in total. The third-order valence-electron chi connectivity index (χ3n) is 5.63. The van der Waals surface area contributed by atoms with Gasteiger partial charge in [-0.15, -0.1) is 0 Å². The van der Waals surface area contributed by atoms with Crippen LogP contribution in [0.25, 0.3) is 0 Å². The minimum Gasteiger partial charge on any atom is -0.384 e. The van der Waals surface area contributed by atoms with Crippen molar-refractivity contribution in [1.82, 2.24) is 0 Å². The first-order valence-electron chi connectivity index (χ1n) is 10.7. The lowest BCUT2D eigenvalue weighted by molar-refractivity contribution is 0.625. The Labute approximate surface area is 173 Å². The van der Waals surface area contributed by atoms with E-state index in [1.54, 1.807) is 7.05 Å². The summed E-state index contributed by atoms with van der Waals surface area (Å²) in [6.07, 6.45) is 13.2. The van der Waals surface area contributed by atoms with E-state index in [2.05, 4.69) is 64.8 Å². The van der Waals surface area contributed by atoms with E-state index in [-0.39, 0.29) is 6.04 Å². The van der Waals surface area contributed by atoms with Crippen molar-refractivity contribution in [2.75, 3.05) is 7.05 Å². The van der Waals surface area contributed by atoms with E-state index in [4.69, 9.17) is 11.5 Å². The second-order valence-corrected chi connectivity index (χ2v) is 7.91. The summed E-state index contributed by atoms with van der Waals surface area (Å²) < 4.78 is 0. The molecule has 1 unspecified atom stereocenters. The molecule has 0 saturated carbocycles. The summed E-state index contributed by atoms with van der Waals surface area (Å²) in [5.74, 6) is 0.616. The van der Waals surface area contributed by atoms with Gasteiger partial charge in [0.15, 0.2) is 0 Å². The Morgan fingerprint density at radius 3 is 2.50 bits per heavy atom. The van der Waals surface area contributed by atoms with Gasteiger partial charge in [0.1, 0.15) is 5.84 Å². The number of aliphatic imine (C=N–C) groups is 1. The molecule has 0 fully saturated rings. The molecule has 28 heavy (non-hydrogen) atoms. The second-order valence-electron chi connectivity index (χ2n) is 7.91. The monoisotopic (exact) mass is 383 g/mol. The van der Waals surface area contributed by atoms with Crippen LogP contribution in [-0.4, -0.2) is 18.9 Å². The molecule has 0 aliphatic heterocycles. The molecule has 0 aromatic rings. The SMILES string of the molecule is CCC=C(C(N)=NC)C(C)=C(CC)C1=CC(CCCC(C)N)=CCC(C)=C1C. The first-order chi connectivity index (χ1) is 13.3. The first-order valence-corrected chi connectivity index (χ1v) is 10.7. The standard InChI is InChI=1S/C25H41N3/c1-8-11-23(25(27)28-7)20(6)22(9-2)24-16-21(13-10-12-18(4)26)15-14-17(3)19(24)5/h11,15-16,18H,8-10,12-14,26H2,1-7H3,(H2,27,28). The lowest BCUT2D eigenvalue weighted by Crippen LogP contribution is -2.17. The lowest BCUT2D eigenvalue weighted by Gasteiger charge is -2.19. The molecule has 0 amide bonds. The summed E-state index contributed by atoms with van der Waals surface area (Å²) in [6, 6.07) is 0.266. The molecule has 3 nitrogen and oxygen atoms in total. The molecule has 0 bridgehead atoms. The van der Waals surface area contributed by atoms with Crippen molar-refractivity contribution in [2.24, 2.45) is 16.5 Å². The molecule has 156 valence electrons. The van der Waals surface area contributed by atoms with Crippen LogP contribution in [0.3, 0.4) is 0 Å². The molecule has 1 aliphatic rings. The normalized spacial score (nSPS) is 18.4. The van der Waals surface area contributed by atoms with Gasteiger partial charge in [0.2, 0.25) is 0 Å². The van der Waals surface area contributed by atoms with Gasteiger partial charge in [0.05, 0.1) is 0 Å². The smallest absolute Gasteiger partial charge is 0.125 e. The maximum atomic E-state index is 6.23. The molecular formula is C25H41N3. The Hall–Kier alpha value is -1.87. The van der Waals surface area contributed by atoms with Gasteiger partial charge in [-0.3, -0.25) is 4.99 Å². The topological polar surface area (TPSA) is 64.4 Å². The van der Waals surface area contributed by atoms with Crippen molar-refractivity contribution in [3.8, 4) is 0 Å². The van der Waals surface area contributed by atoms with Gasteiger partial charge >= 0.3 is 0 Å². The third kappa shape index (κ3) is 6.63. The summed E-state index contributed by atoms with van der Waals surface area (Å²) in [7, 11) is 1.76. The van der Waals surface area contributed by atoms with Crippen LogP contribution in [0.5, 0.6) is 0 Å². The average molecular weight is 384 g/mol. The highest BCUT2D eigenvalue weighted by Gasteiger charge is 2.17. The van der Waals surface area contributed by atoms with Crippen molar-refractivity contribution >= 4 is 5.84 Å². The lowest BCUT2D eigenvalue weighted by atomic mass is 9.87. The van der Waals surface area contributed by atoms with Crippen molar-refractivity contribution in [2.45, 2.75) is 86.1 Å². The molecule has 1 rings (SSSR count). The van der Waals surface area contributed by atoms with E-state index in [9.17, 15) is 0 Å². The maximum absolute atomic E-state index is 6.23. The zero-order valence-electron chi connectivity index (χ0n) is 19.2. The predicted molar refractivity (Wildman–Crippen MR) is 126 cm³/mol. The zero-order valence-corrected chi connectivity index (χ0v) is 19.2. The van der Waals surface area contributed by atoms with E-state index in [0.29, 0.717) is 5.84 Å². The summed E-state index contributed by atoms with van der Waals surface area (Å²) in [5, 5.41) is 0. The molecular weight excluding hydrogens is 342 g/mol. The van der Waals surface area contributed by atoms with Gasteiger partial charge in [0, 0.05) is 18.7 Å². The van der Waals surface area contributed by atoms with Crippen LogP contribution in [0.2, 0.25) is 0 Å². The number of hydrogen-bond donors (Lipinski definition) is 2. The second kappa shape index (κ2) is 11.9. The number of nitrogens with zero attached hydrogens (tertiary/aromatic N) is 1. The van der Waals surface area contributed by atoms with Crippen LogP contribution in [0.15, 0.2) is 62.2 Å². The summed E-state index contributed by atoms with van der Waals surface area (Å²) >= 11 is 0. The van der Waals surface area contributed by atoms with Crippen molar-refractivity contribution in [3.05, 3.63) is 57.2 Å². The van der Waals surface area contributed by atoms with Gasteiger partial charge in [-0.1, -0.05) is 43.2 Å². The van der Waals surface area contributed by atoms with Crippen LogP contribution in [0, 0.1) is 0 Å². The van der Waals surface area contributed by atoms with Crippen molar-refractivity contribution in [3.63, 3.8) is 0 Å². The first kappa shape index (κ1) is 24.2. The highest BCUT2D eigenvalue weighted by molar-refractivity contribution is 6.01. The Kier molecular flexibility index (Phi) is 10.2. The molecule has 0 heterocycles. The van der Waals surface area contributed by atoms with Gasteiger partial charge in [-0.2, -0.15) is 0 Å². The van der Waals surface area contributed by atoms with Crippen LogP contribution in [-0.2, 0) is 0 Å². The number of rotatable bonds is 9. The fourth-order valence-electron chi connectivity index (χ4n) is 3.73. The number of nitrogens with two attached hydrogens (primary N) is 2. The van der Waals surface area contributed by atoms with Gasteiger partial charge in [0.25, 0.3) is 0 Å². The molecule has 0 aromatic carbocycles. The number of hydrogen-bond acceptors (Lipinski definition) is 2. The van der Waals surface area contributed by atoms with Crippen LogP contribution in [0.1, 0.15) is 80.1 Å². The average Bonchev–Trinajstić information content (AvgIpc) is 2.80. The fraction of sp³-hybridized carbons (Fsp3) is 0.560. The zero-order chi connectivity index (χ0) is 21.3. The van der Waals surface area contributed by atoms with E-state index in [1.807, 2.05) is 0 Å². The highest BCUT2D eigenvalue weighted by Crippen LogP contribution is 2.34. The summed E-state index contributed by atoms with van der Waals surface area (Å²) in [4.78, 5) is 4.25. The predicted octanol–water partition coefficient (Wildman–Crippen LogP) is 6.15. The molecule has 1 aliphatic carbocycles. The number of allylic oxidation sites excluding steroid dienone is 8. The van der Waals surface area contributed by atoms with Crippen LogP contribution < -0.4 is 11.5 Å². The molecule has 1 atom stereocenters. The largest absolute Gasteiger partial charge is 0.384 e. The van der Waals surface area contributed by atoms with Crippen molar-refractivity contribution in [1.29, 1.82) is 0 Å². The minimum atomic E-state index is 0.266. The van der Waals surface area contributed by atoms with Gasteiger partial charge < -0.3 is 11.5 Å². The Bertz CT molecular complexity index is 725.